The van der Waals surface area contributed by atoms with E-state index in [0.29, 0.717) is 15.1 Å². The molecule has 3 aromatic rings. The van der Waals surface area contributed by atoms with Crippen molar-refractivity contribution in [2.75, 3.05) is 5.32 Å². The SMILES string of the molecule is CC(Nc1cc(Cl)c(Cl)cc1Cl)c1nc2ccccc2s1. The number of nitrogens with zero attached hydrogens (tertiary/aromatic N) is 1. The highest BCUT2D eigenvalue weighted by atomic mass is 35.5. The Morgan fingerprint density at radius 2 is 1.76 bits per heavy atom. The van der Waals surface area contributed by atoms with Crippen LogP contribution in [-0.4, -0.2) is 4.98 Å². The normalized spacial score (nSPS) is 12.6. The van der Waals surface area contributed by atoms with Gasteiger partial charge in [0.2, 0.25) is 0 Å². The zero-order chi connectivity index (χ0) is 15.0. The Kier molecular flexibility index (Phi) is 4.27. The minimum Gasteiger partial charge on any atom is -0.375 e. The zero-order valence-electron chi connectivity index (χ0n) is 11.0. The van der Waals surface area contributed by atoms with Crippen molar-refractivity contribution in [3.63, 3.8) is 0 Å². The summed E-state index contributed by atoms with van der Waals surface area (Å²) in [4.78, 5) is 4.63. The summed E-state index contributed by atoms with van der Waals surface area (Å²) in [6.45, 7) is 2.04. The first-order valence-electron chi connectivity index (χ1n) is 6.31. The van der Waals surface area contributed by atoms with Gasteiger partial charge in [0.05, 0.1) is 37.0 Å². The van der Waals surface area contributed by atoms with Gasteiger partial charge in [-0.2, -0.15) is 0 Å². The van der Waals surface area contributed by atoms with Crippen LogP contribution >= 0.6 is 46.1 Å². The van der Waals surface area contributed by atoms with Gasteiger partial charge in [-0.15, -0.1) is 11.3 Å². The van der Waals surface area contributed by atoms with Crippen molar-refractivity contribution in [2.45, 2.75) is 13.0 Å². The molecule has 1 N–H and O–H groups in total. The number of nitrogens with one attached hydrogen (secondary N) is 1. The lowest BCUT2D eigenvalue weighted by Crippen LogP contribution is -2.06. The maximum atomic E-state index is 6.19. The highest BCUT2D eigenvalue weighted by Crippen LogP contribution is 2.35. The van der Waals surface area contributed by atoms with Gasteiger partial charge in [-0.1, -0.05) is 46.9 Å². The second-order valence-electron chi connectivity index (χ2n) is 4.63. The Labute approximate surface area is 141 Å². The Morgan fingerprint density at radius 1 is 1.05 bits per heavy atom. The first-order valence-corrected chi connectivity index (χ1v) is 8.26. The summed E-state index contributed by atoms with van der Waals surface area (Å²) in [7, 11) is 0. The predicted octanol–water partition coefficient (Wildman–Crippen LogP) is 6.43. The van der Waals surface area contributed by atoms with E-state index < -0.39 is 0 Å². The monoisotopic (exact) mass is 356 g/mol. The van der Waals surface area contributed by atoms with Crippen molar-refractivity contribution in [3.05, 3.63) is 56.5 Å². The van der Waals surface area contributed by atoms with Crippen molar-refractivity contribution in [3.8, 4) is 0 Å². The minimum atomic E-state index is 0.0251. The number of rotatable bonds is 3. The Hall–Kier alpha value is -1.00. The predicted molar refractivity (Wildman–Crippen MR) is 93.1 cm³/mol. The summed E-state index contributed by atoms with van der Waals surface area (Å²) in [6.07, 6.45) is 0. The number of halogens is 3. The first-order chi connectivity index (χ1) is 10.0. The van der Waals surface area contributed by atoms with Gasteiger partial charge in [-0.25, -0.2) is 4.98 Å². The highest BCUT2D eigenvalue weighted by Gasteiger charge is 2.14. The number of hydrogen-bond donors (Lipinski definition) is 1. The molecule has 0 amide bonds. The summed E-state index contributed by atoms with van der Waals surface area (Å²) in [5.74, 6) is 0. The second-order valence-corrected chi connectivity index (χ2v) is 6.92. The lowest BCUT2D eigenvalue weighted by atomic mass is 10.2. The molecule has 0 radical (unpaired) electrons. The van der Waals surface area contributed by atoms with Crippen molar-refractivity contribution in [1.29, 1.82) is 0 Å². The highest BCUT2D eigenvalue weighted by molar-refractivity contribution is 7.18. The number of anilines is 1. The molecule has 0 aliphatic heterocycles. The molecule has 21 heavy (non-hydrogen) atoms. The third kappa shape index (κ3) is 3.11. The van der Waals surface area contributed by atoms with E-state index in [1.165, 1.54) is 4.70 Å². The minimum absolute atomic E-state index is 0.0251. The molecule has 0 saturated carbocycles. The number of para-hydroxylation sites is 1. The number of thiazole rings is 1. The van der Waals surface area contributed by atoms with Gasteiger partial charge in [-0.05, 0) is 31.2 Å². The molecule has 0 fully saturated rings. The molecule has 1 unspecified atom stereocenters. The molecule has 0 saturated heterocycles. The fraction of sp³-hybridized carbons (Fsp3) is 0.133. The van der Waals surface area contributed by atoms with Gasteiger partial charge < -0.3 is 5.32 Å². The molecule has 6 heteroatoms. The summed E-state index contributed by atoms with van der Waals surface area (Å²) >= 11 is 19.8. The second kappa shape index (κ2) is 6.01. The molecule has 2 aromatic carbocycles. The first kappa shape index (κ1) is 14.9. The van der Waals surface area contributed by atoms with E-state index in [2.05, 4.69) is 16.4 Å². The molecule has 0 aliphatic rings. The molecule has 1 atom stereocenters. The molecular weight excluding hydrogens is 347 g/mol. The third-order valence-corrected chi connectivity index (χ3v) is 5.32. The van der Waals surface area contributed by atoms with Crippen LogP contribution in [0.3, 0.4) is 0 Å². The number of aromatic nitrogens is 1. The summed E-state index contributed by atoms with van der Waals surface area (Å²) in [6, 6.07) is 11.5. The van der Waals surface area contributed by atoms with E-state index in [1.54, 1.807) is 23.5 Å². The van der Waals surface area contributed by atoms with E-state index >= 15 is 0 Å². The largest absolute Gasteiger partial charge is 0.375 e. The Morgan fingerprint density at radius 3 is 2.52 bits per heavy atom. The van der Waals surface area contributed by atoms with Crippen LogP contribution in [-0.2, 0) is 0 Å². The number of hydrogen-bond acceptors (Lipinski definition) is 3. The van der Waals surface area contributed by atoms with Gasteiger partial charge >= 0.3 is 0 Å². The zero-order valence-corrected chi connectivity index (χ0v) is 14.1. The van der Waals surface area contributed by atoms with Crippen LogP contribution in [0.25, 0.3) is 10.2 Å². The number of fused-ring (bicyclic) bond motifs is 1. The average molecular weight is 358 g/mol. The maximum absolute atomic E-state index is 6.19. The molecule has 1 heterocycles. The van der Waals surface area contributed by atoms with E-state index in [-0.39, 0.29) is 6.04 Å². The lowest BCUT2D eigenvalue weighted by Gasteiger charge is -2.14. The van der Waals surface area contributed by atoms with Gasteiger partial charge in [0.15, 0.2) is 0 Å². The molecule has 108 valence electrons. The summed E-state index contributed by atoms with van der Waals surface area (Å²) in [5.41, 5.74) is 1.75. The fourth-order valence-corrected chi connectivity index (χ4v) is 3.57. The van der Waals surface area contributed by atoms with E-state index in [4.69, 9.17) is 34.8 Å². The summed E-state index contributed by atoms with van der Waals surface area (Å²) in [5, 5.41) is 5.78. The van der Waals surface area contributed by atoms with Gasteiger partial charge in [0.25, 0.3) is 0 Å². The van der Waals surface area contributed by atoms with Crippen LogP contribution in [0, 0.1) is 0 Å². The van der Waals surface area contributed by atoms with Gasteiger partial charge in [-0.3, -0.25) is 0 Å². The maximum Gasteiger partial charge on any atom is 0.116 e. The van der Waals surface area contributed by atoms with E-state index in [1.807, 2.05) is 25.1 Å². The van der Waals surface area contributed by atoms with Crippen LogP contribution in [0.5, 0.6) is 0 Å². The van der Waals surface area contributed by atoms with Crippen molar-refractivity contribution < 1.29 is 0 Å². The molecule has 1 aromatic heterocycles. The molecule has 0 spiro atoms. The quantitative estimate of drug-likeness (QED) is 0.546. The van der Waals surface area contributed by atoms with Crippen LogP contribution in [0.2, 0.25) is 15.1 Å². The van der Waals surface area contributed by atoms with Crippen LogP contribution in [0.15, 0.2) is 36.4 Å². The van der Waals surface area contributed by atoms with Crippen molar-refractivity contribution in [2.24, 2.45) is 0 Å². The van der Waals surface area contributed by atoms with Gasteiger partial charge in [0.1, 0.15) is 5.01 Å². The van der Waals surface area contributed by atoms with Crippen LogP contribution in [0.1, 0.15) is 18.0 Å². The molecule has 0 bridgehead atoms. The third-order valence-electron chi connectivity index (χ3n) is 3.06. The standard InChI is InChI=1S/C15H11Cl3N2S/c1-8(15-20-12-4-2-3-5-14(12)21-15)19-13-7-10(17)9(16)6-11(13)18/h2-8,19H,1H3. The van der Waals surface area contributed by atoms with Crippen LogP contribution in [0.4, 0.5) is 5.69 Å². The molecule has 2 nitrogen and oxygen atoms in total. The topological polar surface area (TPSA) is 24.9 Å². The Balaban J connectivity index is 1.89. The van der Waals surface area contributed by atoms with Crippen LogP contribution < -0.4 is 5.32 Å². The van der Waals surface area contributed by atoms with E-state index in [0.717, 1.165) is 16.2 Å². The lowest BCUT2D eigenvalue weighted by molar-refractivity contribution is 0.874. The van der Waals surface area contributed by atoms with E-state index in [9.17, 15) is 0 Å². The fourth-order valence-electron chi connectivity index (χ4n) is 2.00. The van der Waals surface area contributed by atoms with Gasteiger partial charge in [0, 0.05) is 0 Å². The molecular formula is C15H11Cl3N2S. The molecule has 0 aliphatic carbocycles. The van der Waals surface area contributed by atoms with Crippen molar-refractivity contribution in [1.82, 2.24) is 4.98 Å². The number of benzene rings is 2. The average Bonchev–Trinajstić information content (AvgIpc) is 2.88. The molecule has 3 rings (SSSR count). The Bertz CT molecular complexity index is 768. The van der Waals surface area contributed by atoms with Crippen molar-refractivity contribution >= 4 is 62.0 Å². The smallest absolute Gasteiger partial charge is 0.116 e. The summed E-state index contributed by atoms with van der Waals surface area (Å²) < 4.78 is 1.17.